The van der Waals surface area contributed by atoms with Gasteiger partial charge in [0, 0.05) is 28.5 Å². The number of nitrogen functional groups attached to an aromatic ring is 1. The molecule has 3 rings (SSSR count). The first-order chi connectivity index (χ1) is 10.3. The summed E-state index contributed by atoms with van der Waals surface area (Å²) in [6.45, 7) is 0.882. The number of nitrogens with zero attached hydrogens (tertiary/aromatic N) is 1. The molecule has 0 radical (unpaired) electrons. The van der Waals surface area contributed by atoms with E-state index < -0.39 is 0 Å². The van der Waals surface area contributed by atoms with Crippen LogP contribution in [0.3, 0.4) is 0 Å². The molecule has 1 aliphatic heterocycles. The fourth-order valence-electron chi connectivity index (χ4n) is 2.88. The van der Waals surface area contributed by atoms with Crippen LogP contribution in [0.4, 0.5) is 5.82 Å². The lowest BCUT2D eigenvalue weighted by Crippen LogP contribution is -2.19. The minimum atomic E-state index is 0.349. The van der Waals surface area contributed by atoms with Crippen LogP contribution in [0.15, 0.2) is 24.3 Å². The number of nitrogens with two attached hydrogens (primary N) is 1. The van der Waals surface area contributed by atoms with Crippen LogP contribution in [0.2, 0.25) is 5.02 Å². The first kappa shape index (κ1) is 14.4. The van der Waals surface area contributed by atoms with Gasteiger partial charge >= 0.3 is 0 Å². The Hall–Kier alpha value is -1.52. The number of anilines is 1. The van der Waals surface area contributed by atoms with E-state index in [1.807, 2.05) is 24.3 Å². The topological polar surface area (TPSA) is 63.9 Å². The van der Waals surface area contributed by atoms with E-state index in [0.29, 0.717) is 16.9 Å². The second kappa shape index (κ2) is 6.50. The van der Waals surface area contributed by atoms with E-state index in [4.69, 9.17) is 22.1 Å². The Kier molecular flexibility index (Phi) is 4.46. The van der Waals surface area contributed by atoms with E-state index in [-0.39, 0.29) is 0 Å². The molecule has 4 nitrogen and oxygen atoms in total. The second-order valence-corrected chi connectivity index (χ2v) is 5.88. The van der Waals surface area contributed by atoms with E-state index in [1.165, 1.54) is 12.8 Å². The summed E-state index contributed by atoms with van der Waals surface area (Å²) in [6.07, 6.45) is 5.79. The van der Waals surface area contributed by atoms with Crippen LogP contribution in [0.5, 0.6) is 0 Å². The Morgan fingerprint density at radius 2 is 2.19 bits per heavy atom. The average Bonchev–Trinajstić information content (AvgIpc) is 2.88. The third kappa shape index (κ3) is 3.22. The third-order valence-corrected chi connectivity index (χ3v) is 4.33. The van der Waals surface area contributed by atoms with Crippen molar-refractivity contribution in [1.82, 2.24) is 10.2 Å². The van der Waals surface area contributed by atoms with Crippen LogP contribution in [-0.4, -0.2) is 22.9 Å². The van der Waals surface area contributed by atoms with Gasteiger partial charge in [-0.05, 0) is 38.2 Å². The molecule has 1 aromatic heterocycles. The molecule has 2 aromatic rings. The van der Waals surface area contributed by atoms with Gasteiger partial charge in [0.05, 0.1) is 6.10 Å². The normalized spacial score (nSPS) is 18.8. The standard InChI is InChI=1S/C16H20ClN3O/c17-13-7-2-1-6-12(13)15-14(19-20-16(15)18)9-8-11-5-3-4-10-21-11/h1-2,6-7,11H,3-5,8-10H2,(H3,18,19,20). The maximum Gasteiger partial charge on any atom is 0.153 e. The number of nitrogens with one attached hydrogen (secondary N) is 1. The van der Waals surface area contributed by atoms with Crippen LogP contribution < -0.4 is 5.73 Å². The number of benzene rings is 1. The molecule has 0 spiro atoms. The van der Waals surface area contributed by atoms with Crippen LogP contribution in [0.1, 0.15) is 31.4 Å². The van der Waals surface area contributed by atoms with E-state index in [9.17, 15) is 0 Å². The number of aryl methyl sites for hydroxylation is 1. The van der Waals surface area contributed by atoms with Crippen molar-refractivity contribution in [1.29, 1.82) is 0 Å². The largest absolute Gasteiger partial charge is 0.382 e. The Bertz CT molecular complexity index is 605. The molecule has 1 saturated heterocycles. The molecule has 5 heteroatoms. The Labute approximate surface area is 129 Å². The summed E-state index contributed by atoms with van der Waals surface area (Å²) in [5.74, 6) is 0.502. The van der Waals surface area contributed by atoms with Crippen molar-refractivity contribution in [2.45, 2.75) is 38.2 Å². The number of hydrogen-bond acceptors (Lipinski definition) is 3. The molecule has 0 amide bonds. The molecule has 0 aliphatic carbocycles. The summed E-state index contributed by atoms with van der Waals surface area (Å²) in [7, 11) is 0. The maximum absolute atomic E-state index is 6.29. The van der Waals surface area contributed by atoms with Crippen molar-refractivity contribution in [2.75, 3.05) is 12.3 Å². The monoisotopic (exact) mass is 305 g/mol. The van der Waals surface area contributed by atoms with Gasteiger partial charge in [-0.2, -0.15) is 5.10 Å². The third-order valence-electron chi connectivity index (χ3n) is 4.00. The zero-order valence-electron chi connectivity index (χ0n) is 11.9. The summed E-state index contributed by atoms with van der Waals surface area (Å²) < 4.78 is 5.78. The Balaban J connectivity index is 1.79. The molecule has 3 N–H and O–H groups in total. The van der Waals surface area contributed by atoms with Crippen molar-refractivity contribution in [3.8, 4) is 11.1 Å². The van der Waals surface area contributed by atoms with E-state index in [2.05, 4.69) is 10.2 Å². The van der Waals surface area contributed by atoms with Crippen molar-refractivity contribution in [3.05, 3.63) is 35.0 Å². The molecule has 1 fully saturated rings. The summed E-state index contributed by atoms with van der Waals surface area (Å²) in [6, 6.07) is 7.72. The van der Waals surface area contributed by atoms with Crippen LogP contribution in [-0.2, 0) is 11.2 Å². The maximum atomic E-state index is 6.29. The average molecular weight is 306 g/mol. The lowest BCUT2D eigenvalue weighted by molar-refractivity contribution is 0.0114. The number of H-pyrrole nitrogens is 1. The highest BCUT2D eigenvalue weighted by molar-refractivity contribution is 6.33. The Morgan fingerprint density at radius 3 is 2.95 bits per heavy atom. The van der Waals surface area contributed by atoms with Crippen molar-refractivity contribution >= 4 is 17.4 Å². The highest BCUT2D eigenvalue weighted by atomic mass is 35.5. The summed E-state index contributed by atoms with van der Waals surface area (Å²) in [4.78, 5) is 0. The first-order valence-electron chi connectivity index (χ1n) is 7.45. The number of aromatic amines is 1. The molecule has 21 heavy (non-hydrogen) atoms. The van der Waals surface area contributed by atoms with Crippen LogP contribution in [0, 0.1) is 0 Å². The smallest absolute Gasteiger partial charge is 0.153 e. The predicted octanol–water partition coefficient (Wildman–Crippen LogP) is 3.81. The molecule has 2 heterocycles. The van der Waals surface area contributed by atoms with Crippen molar-refractivity contribution < 1.29 is 4.74 Å². The van der Waals surface area contributed by atoms with Gasteiger partial charge in [-0.1, -0.05) is 29.8 Å². The van der Waals surface area contributed by atoms with Crippen molar-refractivity contribution in [3.63, 3.8) is 0 Å². The summed E-state index contributed by atoms with van der Waals surface area (Å²) >= 11 is 6.29. The summed E-state index contributed by atoms with van der Waals surface area (Å²) in [5, 5.41) is 7.90. The Morgan fingerprint density at radius 1 is 1.33 bits per heavy atom. The minimum absolute atomic E-state index is 0.349. The lowest BCUT2D eigenvalue weighted by atomic mass is 9.99. The van der Waals surface area contributed by atoms with Gasteiger partial charge in [0.15, 0.2) is 5.82 Å². The van der Waals surface area contributed by atoms with Crippen LogP contribution >= 0.6 is 11.6 Å². The highest BCUT2D eigenvalue weighted by Crippen LogP contribution is 2.34. The molecular formula is C16H20ClN3O. The van der Waals surface area contributed by atoms with Gasteiger partial charge in [-0.15, -0.1) is 0 Å². The van der Waals surface area contributed by atoms with Gasteiger partial charge in [0.2, 0.25) is 0 Å². The predicted molar refractivity (Wildman–Crippen MR) is 85.4 cm³/mol. The molecule has 1 aliphatic rings. The first-order valence-corrected chi connectivity index (χ1v) is 7.82. The van der Waals surface area contributed by atoms with E-state index >= 15 is 0 Å². The SMILES string of the molecule is Nc1n[nH]c(CCC2CCCCO2)c1-c1ccccc1Cl. The lowest BCUT2D eigenvalue weighted by Gasteiger charge is -2.22. The van der Waals surface area contributed by atoms with E-state index in [0.717, 1.165) is 42.7 Å². The highest BCUT2D eigenvalue weighted by Gasteiger charge is 2.18. The fraction of sp³-hybridized carbons (Fsp3) is 0.438. The quantitative estimate of drug-likeness (QED) is 0.902. The molecule has 0 saturated carbocycles. The number of rotatable bonds is 4. The number of ether oxygens (including phenoxy) is 1. The van der Waals surface area contributed by atoms with Crippen molar-refractivity contribution in [2.24, 2.45) is 0 Å². The number of aromatic nitrogens is 2. The summed E-state index contributed by atoms with van der Waals surface area (Å²) in [5.41, 5.74) is 8.92. The van der Waals surface area contributed by atoms with Crippen LogP contribution in [0.25, 0.3) is 11.1 Å². The molecule has 1 atom stereocenters. The second-order valence-electron chi connectivity index (χ2n) is 5.47. The number of halogens is 1. The molecular weight excluding hydrogens is 286 g/mol. The molecule has 1 aromatic carbocycles. The molecule has 112 valence electrons. The van der Waals surface area contributed by atoms with Gasteiger partial charge in [-0.3, -0.25) is 5.10 Å². The zero-order chi connectivity index (χ0) is 14.7. The van der Waals surface area contributed by atoms with Gasteiger partial charge in [0.1, 0.15) is 0 Å². The van der Waals surface area contributed by atoms with Gasteiger partial charge in [0.25, 0.3) is 0 Å². The zero-order valence-corrected chi connectivity index (χ0v) is 12.7. The molecule has 1 unspecified atom stereocenters. The van der Waals surface area contributed by atoms with Gasteiger partial charge in [-0.25, -0.2) is 0 Å². The van der Waals surface area contributed by atoms with E-state index in [1.54, 1.807) is 0 Å². The van der Waals surface area contributed by atoms with Gasteiger partial charge < -0.3 is 10.5 Å². The number of hydrogen-bond donors (Lipinski definition) is 2. The fourth-order valence-corrected chi connectivity index (χ4v) is 3.11. The minimum Gasteiger partial charge on any atom is -0.382 e. The molecule has 0 bridgehead atoms.